The molecule has 25 heavy (non-hydrogen) atoms. The van der Waals surface area contributed by atoms with E-state index in [1.54, 1.807) is 24.3 Å². The molecule has 0 aliphatic rings. The monoisotopic (exact) mass is 437 g/mol. The lowest BCUT2D eigenvalue weighted by molar-refractivity contribution is -0.115. The number of rotatable bonds is 6. The van der Waals surface area contributed by atoms with Crippen LogP contribution in [0.5, 0.6) is 5.75 Å². The first kappa shape index (κ1) is 17.8. The van der Waals surface area contributed by atoms with Crippen molar-refractivity contribution in [3.63, 3.8) is 0 Å². The summed E-state index contributed by atoms with van der Waals surface area (Å²) in [6.45, 7) is 0.280. The molecule has 5 nitrogen and oxygen atoms in total. The third-order valence-electron chi connectivity index (χ3n) is 3.17. The van der Waals surface area contributed by atoms with Crippen molar-refractivity contribution < 1.29 is 9.53 Å². The molecule has 0 fully saturated rings. The molecular weight excluding hydrogens is 426 g/mol. The molecule has 0 atom stereocenters. The normalized spacial score (nSPS) is 10.5. The SMILES string of the molecule is O=C(Cc1ccc(Br)cc1)Nc1nnc(COc2ccc(Cl)cc2)s1. The number of hydrogen-bond donors (Lipinski definition) is 1. The zero-order valence-corrected chi connectivity index (χ0v) is 16.1. The van der Waals surface area contributed by atoms with Crippen LogP contribution in [-0.4, -0.2) is 16.1 Å². The van der Waals surface area contributed by atoms with E-state index in [4.69, 9.17) is 16.3 Å². The van der Waals surface area contributed by atoms with Crippen LogP contribution < -0.4 is 10.1 Å². The van der Waals surface area contributed by atoms with Crippen LogP contribution in [0.3, 0.4) is 0 Å². The van der Waals surface area contributed by atoms with E-state index < -0.39 is 0 Å². The number of anilines is 1. The van der Waals surface area contributed by atoms with Gasteiger partial charge in [0.1, 0.15) is 12.4 Å². The van der Waals surface area contributed by atoms with Crippen LogP contribution >= 0.6 is 38.9 Å². The number of halogens is 2. The van der Waals surface area contributed by atoms with Gasteiger partial charge in [-0.2, -0.15) is 0 Å². The summed E-state index contributed by atoms with van der Waals surface area (Å²) in [5.41, 5.74) is 0.927. The van der Waals surface area contributed by atoms with E-state index in [0.717, 1.165) is 10.0 Å². The molecule has 0 bridgehead atoms. The van der Waals surface area contributed by atoms with Gasteiger partial charge in [-0.3, -0.25) is 4.79 Å². The van der Waals surface area contributed by atoms with Crippen LogP contribution in [-0.2, 0) is 17.8 Å². The number of amides is 1. The van der Waals surface area contributed by atoms with Gasteiger partial charge >= 0.3 is 0 Å². The molecule has 0 radical (unpaired) electrons. The van der Waals surface area contributed by atoms with Gasteiger partial charge in [0.25, 0.3) is 0 Å². The highest BCUT2D eigenvalue weighted by Gasteiger charge is 2.09. The average molecular weight is 439 g/mol. The number of benzene rings is 2. The molecule has 8 heteroatoms. The van der Waals surface area contributed by atoms with Crippen LogP contribution in [0, 0.1) is 0 Å². The molecule has 1 heterocycles. The first-order valence-electron chi connectivity index (χ1n) is 7.33. The highest BCUT2D eigenvalue weighted by molar-refractivity contribution is 9.10. The number of nitrogens with zero attached hydrogens (tertiary/aromatic N) is 2. The Hall–Kier alpha value is -1.96. The van der Waals surface area contributed by atoms with Crippen LogP contribution in [0.1, 0.15) is 10.6 Å². The molecule has 0 saturated carbocycles. The van der Waals surface area contributed by atoms with E-state index in [-0.39, 0.29) is 18.9 Å². The molecule has 3 rings (SSSR count). The zero-order valence-electron chi connectivity index (χ0n) is 12.9. The first-order valence-corrected chi connectivity index (χ1v) is 9.32. The van der Waals surface area contributed by atoms with Gasteiger partial charge in [-0.25, -0.2) is 0 Å². The minimum absolute atomic E-state index is 0.136. The van der Waals surface area contributed by atoms with Crippen LogP contribution in [0.4, 0.5) is 5.13 Å². The minimum atomic E-state index is -0.136. The summed E-state index contributed by atoms with van der Waals surface area (Å²) in [5, 5.41) is 12.5. The summed E-state index contributed by atoms with van der Waals surface area (Å²) in [5.74, 6) is 0.559. The van der Waals surface area contributed by atoms with Crippen molar-refractivity contribution >= 4 is 49.9 Å². The Bertz CT molecular complexity index is 853. The molecule has 1 aromatic heterocycles. The fraction of sp³-hybridized carbons (Fsp3) is 0.118. The highest BCUT2D eigenvalue weighted by Crippen LogP contribution is 2.20. The Morgan fingerprint density at radius 3 is 2.56 bits per heavy atom. The van der Waals surface area contributed by atoms with Crippen molar-refractivity contribution in [2.75, 3.05) is 5.32 Å². The maximum absolute atomic E-state index is 12.1. The summed E-state index contributed by atoms with van der Waals surface area (Å²) in [6, 6.07) is 14.7. The molecule has 1 amide bonds. The average Bonchev–Trinajstić information content (AvgIpc) is 3.04. The van der Waals surface area contributed by atoms with Crippen molar-refractivity contribution in [2.24, 2.45) is 0 Å². The zero-order chi connectivity index (χ0) is 17.6. The van der Waals surface area contributed by atoms with Crippen LogP contribution in [0.2, 0.25) is 5.02 Å². The second-order valence-electron chi connectivity index (χ2n) is 5.09. The summed E-state index contributed by atoms with van der Waals surface area (Å²) in [7, 11) is 0. The van der Waals surface area contributed by atoms with Crippen LogP contribution in [0.15, 0.2) is 53.0 Å². The summed E-state index contributed by atoms with van der Waals surface area (Å²) < 4.78 is 6.58. The number of nitrogens with one attached hydrogen (secondary N) is 1. The lowest BCUT2D eigenvalue weighted by atomic mass is 10.1. The van der Waals surface area contributed by atoms with E-state index in [9.17, 15) is 4.79 Å². The molecule has 3 aromatic rings. The number of hydrogen-bond acceptors (Lipinski definition) is 5. The summed E-state index contributed by atoms with van der Waals surface area (Å²) >= 11 is 10.5. The largest absolute Gasteiger partial charge is 0.486 e. The minimum Gasteiger partial charge on any atom is -0.486 e. The lowest BCUT2D eigenvalue weighted by Crippen LogP contribution is -2.14. The van der Waals surface area contributed by atoms with Gasteiger partial charge in [0.05, 0.1) is 6.42 Å². The predicted molar refractivity (Wildman–Crippen MR) is 102 cm³/mol. The molecule has 0 unspecified atom stereocenters. The maximum atomic E-state index is 12.1. The third kappa shape index (κ3) is 5.52. The molecule has 2 aromatic carbocycles. The molecule has 0 aliphatic heterocycles. The number of ether oxygens (including phenoxy) is 1. The number of carbonyl (C=O) groups excluding carboxylic acids is 1. The fourth-order valence-electron chi connectivity index (χ4n) is 1.99. The van der Waals surface area contributed by atoms with E-state index >= 15 is 0 Å². The fourth-order valence-corrected chi connectivity index (χ4v) is 3.05. The Balaban J connectivity index is 1.51. The summed E-state index contributed by atoms with van der Waals surface area (Å²) in [4.78, 5) is 12.1. The Morgan fingerprint density at radius 1 is 1.12 bits per heavy atom. The van der Waals surface area contributed by atoms with E-state index in [1.165, 1.54) is 11.3 Å². The van der Waals surface area contributed by atoms with E-state index in [0.29, 0.717) is 20.9 Å². The topological polar surface area (TPSA) is 64.1 Å². The maximum Gasteiger partial charge on any atom is 0.230 e. The van der Waals surface area contributed by atoms with Gasteiger partial charge in [0.2, 0.25) is 11.0 Å². The van der Waals surface area contributed by atoms with Gasteiger partial charge in [-0.1, -0.05) is 51.0 Å². The van der Waals surface area contributed by atoms with Gasteiger partial charge in [-0.05, 0) is 42.0 Å². The van der Waals surface area contributed by atoms with Crippen molar-refractivity contribution in [3.8, 4) is 5.75 Å². The molecular formula is C17H13BrClN3O2S. The van der Waals surface area contributed by atoms with Crippen molar-refractivity contribution in [1.29, 1.82) is 0 Å². The van der Waals surface area contributed by atoms with Gasteiger partial charge < -0.3 is 10.1 Å². The summed E-state index contributed by atoms with van der Waals surface area (Å²) in [6.07, 6.45) is 0.281. The van der Waals surface area contributed by atoms with Crippen molar-refractivity contribution in [3.05, 3.63) is 68.6 Å². The van der Waals surface area contributed by atoms with Crippen molar-refractivity contribution in [1.82, 2.24) is 10.2 Å². The van der Waals surface area contributed by atoms with Crippen LogP contribution in [0.25, 0.3) is 0 Å². The predicted octanol–water partition coefficient (Wildman–Crippen LogP) is 4.71. The smallest absolute Gasteiger partial charge is 0.230 e. The van der Waals surface area contributed by atoms with Gasteiger partial charge in [-0.15, -0.1) is 10.2 Å². The number of carbonyl (C=O) groups is 1. The van der Waals surface area contributed by atoms with E-state index in [1.807, 2.05) is 24.3 Å². The standard InChI is InChI=1S/C17H13BrClN3O2S/c18-12-3-1-11(2-4-12)9-15(23)20-17-22-21-16(25-17)10-24-14-7-5-13(19)6-8-14/h1-8H,9-10H2,(H,20,22,23). The third-order valence-corrected chi connectivity index (χ3v) is 4.76. The molecule has 1 N–H and O–H groups in total. The lowest BCUT2D eigenvalue weighted by Gasteiger charge is -2.03. The first-order chi connectivity index (χ1) is 12.1. The van der Waals surface area contributed by atoms with Gasteiger partial charge in [0.15, 0.2) is 5.01 Å². The number of aromatic nitrogens is 2. The second kappa shape index (κ2) is 8.42. The molecule has 0 aliphatic carbocycles. The Morgan fingerprint density at radius 2 is 1.84 bits per heavy atom. The van der Waals surface area contributed by atoms with E-state index in [2.05, 4.69) is 31.4 Å². The second-order valence-corrected chi connectivity index (χ2v) is 7.51. The quantitative estimate of drug-likeness (QED) is 0.605. The molecule has 128 valence electrons. The van der Waals surface area contributed by atoms with Gasteiger partial charge in [0, 0.05) is 9.50 Å². The van der Waals surface area contributed by atoms with Crippen molar-refractivity contribution in [2.45, 2.75) is 13.0 Å². The Kier molecular flexibility index (Phi) is 6.01. The molecule has 0 spiro atoms. The molecule has 0 saturated heterocycles. The Labute approximate surface area is 162 Å². The highest BCUT2D eigenvalue weighted by atomic mass is 79.9.